The van der Waals surface area contributed by atoms with Gasteiger partial charge < -0.3 is 9.84 Å². The molecule has 0 aromatic heterocycles. The SMILES string of the molecule is COC[C@@]1(O)CC[C@H]2C(=CC[C@@H]3[C@@H]2CC[C@]2(C)[C@@H](C(=O)CSC)CC[C@@H]32)C1. The van der Waals surface area contributed by atoms with Gasteiger partial charge in [-0.3, -0.25) is 4.79 Å². The average Bonchev–Trinajstić information content (AvgIpc) is 2.98. The Kier molecular flexibility index (Phi) is 5.55. The third-order valence-corrected chi connectivity index (χ3v) is 9.25. The number of ether oxygens (including phenoxy) is 1. The lowest BCUT2D eigenvalue weighted by Crippen LogP contribution is -2.49. The molecule has 0 aliphatic heterocycles. The Morgan fingerprint density at radius 3 is 2.81 bits per heavy atom. The molecule has 4 heteroatoms. The Balaban J connectivity index is 1.53. The van der Waals surface area contributed by atoms with E-state index in [0.717, 1.165) is 43.9 Å². The second-order valence-electron chi connectivity index (χ2n) is 10.0. The van der Waals surface area contributed by atoms with E-state index in [1.807, 2.05) is 6.26 Å². The van der Waals surface area contributed by atoms with E-state index < -0.39 is 5.60 Å². The number of Topliss-reactive ketones (excluding diaryl/α,β-unsaturated/α-hetero) is 1. The maximum absolute atomic E-state index is 12.8. The number of rotatable bonds is 5. The summed E-state index contributed by atoms with van der Waals surface area (Å²) in [6, 6.07) is 0. The summed E-state index contributed by atoms with van der Waals surface area (Å²) in [6.07, 6.45) is 13.3. The standard InChI is InChI=1S/C23H36O3S/c1-22-10-8-17-16-9-11-23(25,14-26-2)12-15(16)4-5-18(17)19(22)6-7-20(22)21(24)13-27-3/h4,16-20,25H,5-14H2,1-3H3/t16-,17+,18+,19-,20+,22-,23+/m0/s1. The van der Waals surface area contributed by atoms with E-state index in [-0.39, 0.29) is 5.41 Å². The molecule has 27 heavy (non-hydrogen) atoms. The van der Waals surface area contributed by atoms with Crippen molar-refractivity contribution in [1.29, 1.82) is 0 Å². The molecule has 0 amide bonds. The topological polar surface area (TPSA) is 46.5 Å². The lowest BCUT2D eigenvalue weighted by Gasteiger charge is -2.54. The largest absolute Gasteiger partial charge is 0.387 e. The molecule has 1 N–H and O–H groups in total. The van der Waals surface area contributed by atoms with Crippen LogP contribution in [0.5, 0.6) is 0 Å². The molecule has 152 valence electrons. The molecule has 4 aliphatic rings. The van der Waals surface area contributed by atoms with Crippen LogP contribution in [0.3, 0.4) is 0 Å². The highest BCUT2D eigenvalue weighted by atomic mass is 32.2. The van der Waals surface area contributed by atoms with Crippen LogP contribution in [0.2, 0.25) is 0 Å². The number of thioether (sulfide) groups is 1. The number of carbonyl (C=O) groups excluding carboxylic acids is 1. The van der Waals surface area contributed by atoms with E-state index >= 15 is 0 Å². The Labute approximate surface area is 168 Å². The fourth-order valence-electron chi connectivity index (χ4n) is 7.53. The van der Waals surface area contributed by atoms with Crippen LogP contribution in [0.25, 0.3) is 0 Å². The van der Waals surface area contributed by atoms with Gasteiger partial charge in [-0.25, -0.2) is 0 Å². The number of allylic oxidation sites excluding steroid dienone is 1. The lowest BCUT2D eigenvalue weighted by atomic mass is 9.51. The van der Waals surface area contributed by atoms with Crippen molar-refractivity contribution in [3.63, 3.8) is 0 Å². The van der Waals surface area contributed by atoms with Crippen molar-refractivity contribution < 1.29 is 14.6 Å². The zero-order chi connectivity index (χ0) is 19.2. The molecule has 3 fully saturated rings. The van der Waals surface area contributed by atoms with Crippen molar-refractivity contribution >= 4 is 17.5 Å². The van der Waals surface area contributed by atoms with Gasteiger partial charge in [0.05, 0.1) is 18.0 Å². The first kappa shape index (κ1) is 20.0. The van der Waals surface area contributed by atoms with Crippen LogP contribution in [-0.2, 0) is 9.53 Å². The normalized spacial score (nSPS) is 46.2. The summed E-state index contributed by atoms with van der Waals surface area (Å²) in [6.45, 7) is 2.88. The second kappa shape index (κ2) is 7.50. The van der Waals surface area contributed by atoms with Crippen LogP contribution < -0.4 is 0 Å². The van der Waals surface area contributed by atoms with Crippen molar-refractivity contribution in [2.24, 2.45) is 35.0 Å². The maximum Gasteiger partial charge on any atom is 0.146 e. The van der Waals surface area contributed by atoms with Crippen molar-refractivity contribution in [1.82, 2.24) is 0 Å². The molecule has 7 atom stereocenters. The van der Waals surface area contributed by atoms with Gasteiger partial charge >= 0.3 is 0 Å². The smallest absolute Gasteiger partial charge is 0.146 e. The molecular formula is C23H36O3S. The number of carbonyl (C=O) groups is 1. The van der Waals surface area contributed by atoms with Crippen molar-refractivity contribution in [2.45, 2.75) is 63.9 Å². The van der Waals surface area contributed by atoms with E-state index in [1.165, 1.54) is 24.8 Å². The third kappa shape index (κ3) is 3.34. The minimum Gasteiger partial charge on any atom is -0.387 e. The first-order chi connectivity index (χ1) is 12.9. The van der Waals surface area contributed by atoms with Crippen LogP contribution in [-0.4, -0.2) is 42.2 Å². The van der Waals surface area contributed by atoms with Crippen molar-refractivity contribution in [3.8, 4) is 0 Å². The summed E-state index contributed by atoms with van der Waals surface area (Å²) in [5.74, 6) is 4.37. The van der Waals surface area contributed by atoms with Crippen LogP contribution in [0.1, 0.15) is 58.3 Å². The first-order valence-electron chi connectivity index (χ1n) is 10.8. The average molecular weight is 393 g/mol. The molecular weight excluding hydrogens is 356 g/mol. The Morgan fingerprint density at radius 2 is 2.07 bits per heavy atom. The van der Waals surface area contributed by atoms with Gasteiger partial charge in [0, 0.05) is 13.0 Å². The minimum atomic E-state index is -0.657. The summed E-state index contributed by atoms with van der Waals surface area (Å²) in [4.78, 5) is 12.8. The van der Waals surface area contributed by atoms with Crippen molar-refractivity contribution in [3.05, 3.63) is 11.6 Å². The van der Waals surface area contributed by atoms with E-state index in [4.69, 9.17) is 4.74 Å². The van der Waals surface area contributed by atoms with Gasteiger partial charge in [-0.1, -0.05) is 18.6 Å². The number of methoxy groups -OCH3 is 1. The molecule has 0 spiro atoms. The molecule has 3 saturated carbocycles. The summed E-state index contributed by atoms with van der Waals surface area (Å²) in [5, 5.41) is 10.8. The number of hydrogen-bond acceptors (Lipinski definition) is 4. The predicted molar refractivity (Wildman–Crippen MR) is 111 cm³/mol. The highest BCUT2D eigenvalue weighted by molar-refractivity contribution is 7.99. The Morgan fingerprint density at radius 1 is 1.26 bits per heavy atom. The van der Waals surface area contributed by atoms with Gasteiger partial charge in [0.2, 0.25) is 0 Å². The number of ketones is 1. The van der Waals surface area contributed by atoms with Crippen LogP contribution in [0.15, 0.2) is 11.6 Å². The minimum absolute atomic E-state index is 0.227. The molecule has 0 aromatic rings. The Bertz CT molecular complexity index is 617. The highest BCUT2D eigenvalue weighted by Gasteiger charge is 2.57. The number of fused-ring (bicyclic) bond motifs is 5. The molecule has 0 heterocycles. The van der Waals surface area contributed by atoms with Crippen molar-refractivity contribution in [2.75, 3.05) is 25.7 Å². The quantitative estimate of drug-likeness (QED) is 0.701. The number of hydrogen-bond donors (Lipinski definition) is 1. The summed E-state index contributed by atoms with van der Waals surface area (Å²) in [7, 11) is 1.69. The van der Waals surface area contributed by atoms with Crippen LogP contribution in [0, 0.1) is 35.0 Å². The van der Waals surface area contributed by atoms with E-state index in [9.17, 15) is 9.90 Å². The molecule has 4 aliphatic carbocycles. The summed E-state index contributed by atoms with van der Waals surface area (Å²) >= 11 is 1.68. The van der Waals surface area contributed by atoms with Gasteiger partial charge in [-0.05, 0) is 86.7 Å². The zero-order valence-electron chi connectivity index (χ0n) is 17.2. The van der Waals surface area contributed by atoms with E-state index in [2.05, 4.69) is 13.0 Å². The van der Waals surface area contributed by atoms with Gasteiger partial charge in [-0.2, -0.15) is 11.8 Å². The fraction of sp³-hybridized carbons (Fsp3) is 0.870. The first-order valence-corrected chi connectivity index (χ1v) is 12.2. The van der Waals surface area contributed by atoms with E-state index in [0.29, 0.717) is 35.9 Å². The van der Waals surface area contributed by atoms with Gasteiger partial charge in [0.15, 0.2) is 0 Å². The Hall–Kier alpha value is -0.320. The van der Waals surface area contributed by atoms with Crippen LogP contribution in [0.4, 0.5) is 0 Å². The maximum atomic E-state index is 12.8. The zero-order valence-corrected chi connectivity index (χ0v) is 18.0. The van der Waals surface area contributed by atoms with Gasteiger partial charge in [0.1, 0.15) is 5.78 Å². The van der Waals surface area contributed by atoms with Crippen LogP contribution >= 0.6 is 11.8 Å². The lowest BCUT2D eigenvalue weighted by molar-refractivity contribution is -0.126. The molecule has 0 unspecified atom stereocenters. The van der Waals surface area contributed by atoms with Gasteiger partial charge in [0.25, 0.3) is 0 Å². The molecule has 3 nitrogen and oxygen atoms in total. The summed E-state index contributed by atoms with van der Waals surface area (Å²) in [5.41, 5.74) is 1.07. The number of aliphatic hydroxyl groups is 1. The fourth-order valence-corrected chi connectivity index (χ4v) is 8.01. The third-order valence-electron chi connectivity index (χ3n) is 8.68. The highest BCUT2D eigenvalue weighted by Crippen LogP contribution is 2.63. The van der Waals surface area contributed by atoms with Gasteiger partial charge in [-0.15, -0.1) is 0 Å². The second-order valence-corrected chi connectivity index (χ2v) is 10.9. The summed E-state index contributed by atoms with van der Waals surface area (Å²) < 4.78 is 5.28. The monoisotopic (exact) mass is 392 g/mol. The molecule has 0 radical (unpaired) electrons. The molecule has 0 saturated heterocycles. The van der Waals surface area contributed by atoms with E-state index in [1.54, 1.807) is 18.9 Å². The molecule has 0 bridgehead atoms. The predicted octanol–water partition coefficient (Wildman–Crippen LogP) is 4.48. The molecule has 4 rings (SSSR count). The molecule has 0 aromatic carbocycles.